The molecular weight excluding hydrogens is 392 g/mol. The van der Waals surface area contributed by atoms with Crippen LogP contribution < -0.4 is 10.1 Å². The van der Waals surface area contributed by atoms with E-state index in [0.29, 0.717) is 16.3 Å². The molecule has 30 heavy (non-hydrogen) atoms. The van der Waals surface area contributed by atoms with Crippen LogP contribution in [0.2, 0.25) is 0 Å². The number of thioether (sulfide) groups is 1. The van der Waals surface area contributed by atoms with E-state index in [4.69, 9.17) is 4.74 Å². The van der Waals surface area contributed by atoms with Crippen molar-refractivity contribution in [1.29, 1.82) is 0 Å². The number of carbonyl (C=O) groups is 1. The lowest BCUT2D eigenvalue weighted by atomic mass is 10.2. The lowest BCUT2D eigenvalue weighted by molar-refractivity contribution is 0.0966. The topological polar surface area (TPSA) is 50.7 Å². The normalized spacial score (nSPS) is 9.63. The highest BCUT2D eigenvalue weighted by molar-refractivity contribution is 8.02. The number of nitrogens with zero attached hydrogens (tertiary/aromatic N) is 1. The molecule has 0 aliphatic carbocycles. The molecule has 0 aliphatic rings. The highest BCUT2D eigenvalue weighted by Crippen LogP contribution is 2.21. The molecule has 3 rings (SSSR count). The van der Waals surface area contributed by atoms with Crippen LogP contribution in [0.4, 0.5) is 0 Å². The van der Waals surface area contributed by atoms with Crippen molar-refractivity contribution in [3.8, 4) is 5.75 Å². The van der Waals surface area contributed by atoms with E-state index in [2.05, 4.69) is 23.6 Å². The lowest BCUT2D eigenvalue weighted by Gasteiger charge is -2.10. The van der Waals surface area contributed by atoms with Gasteiger partial charge in [0.1, 0.15) is 5.75 Å². The van der Waals surface area contributed by atoms with Crippen molar-refractivity contribution in [2.75, 3.05) is 7.11 Å². The second-order valence-corrected chi connectivity index (χ2v) is 7.29. The van der Waals surface area contributed by atoms with Gasteiger partial charge in [-0.2, -0.15) is 0 Å². The molecule has 0 unspecified atom stereocenters. The van der Waals surface area contributed by atoms with Gasteiger partial charge in [-0.05, 0) is 30.0 Å². The quantitative estimate of drug-likeness (QED) is 0.476. The monoisotopic (exact) mass is 418 g/mol. The van der Waals surface area contributed by atoms with Crippen LogP contribution in [0.5, 0.6) is 5.75 Å². The average Bonchev–Trinajstić information content (AvgIpc) is 2.79. The van der Waals surface area contributed by atoms with Crippen molar-refractivity contribution in [1.82, 2.24) is 5.32 Å². The Morgan fingerprint density at radius 3 is 2.10 bits per heavy atom. The van der Waals surface area contributed by atoms with Gasteiger partial charge in [-0.25, -0.2) is 0 Å². The highest BCUT2D eigenvalue weighted by Gasteiger charge is 2.12. The molecular formula is C25H26N2O2S. The van der Waals surface area contributed by atoms with Crippen LogP contribution in [-0.4, -0.2) is 19.7 Å². The van der Waals surface area contributed by atoms with Gasteiger partial charge in [0.15, 0.2) is 0 Å². The van der Waals surface area contributed by atoms with Gasteiger partial charge in [0, 0.05) is 5.75 Å². The second kappa shape index (κ2) is 13.0. The van der Waals surface area contributed by atoms with Gasteiger partial charge in [0.05, 0.1) is 24.2 Å². The fraction of sp³-hybridized carbons (Fsp3) is 0.120. The van der Waals surface area contributed by atoms with Crippen LogP contribution in [0.1, 0.15) is 21.5 Å². The second-order valence-electron chi connectivity index (χ2n) is 6.22. The molecule has 0 atom stereocenters. The van der Waals surface area contributed by atoms with Crippen molar-refractivity contribution in [2.24, 2.45) is 4.99 Å². The number of benzene rings is 3. The first-order valence-electron chi connectivity index (χ1n) is 9.40. The van der Waals surface area contributed by atoms with E-state index in [9.17, 15) is 4.79 Å². The van der Waals surface area contributed by atoms with Gasteiger partial charge in [-0.1, -0.05) is 79.4 Å². The van der Waals surface area contributed by atoms with Gasteiger partial charge in [-0.3, -0.25) is 9.79 Å². The fourth-order valence-electron chi connectivity index (χ4n) is 2.52. The molecule has 3 aromatic carbocycles. The van der Waals surface area contributed by atoms with Crippen LogP contribution in [0.25, 0.3) is 0 Å². The summed E-state index contributed by atoms with van der Waals surface area (Å²) in [5.41, 5.74) is 2.91. The molecule has 4 nitrogen and oxygen atoms in total. The van der Waals surface area contributed by atoms with Crippen LogP contribution in [0.3, 0.4) is 0 Å². The van der Waals surface area contributed by atoms with Gasteiger partial charge in [0.2, 0.25) is 0 Å². The van der Waals surface area contributed by atoms with E-state index < -0.39 is 0 Å². The highest BCUT2D eigenvalue weighted by atomic mass is 32.2. The van der Waals surface area contributed by atoms with Crippen molar-refractivity contribution in [2.45, 2.75) is 12.3 Å². The fourth-order valence-corrected chi connectivity index (χ4v) is 3.22. The number of hydrogen-bond acceptors (Lipinski definition) is 4. The Bertz CT molecular complexity index is 944. The number of aliphatic imine (C=N–C) groups is 1. The van der Waals surface area contributed by atoms with Gasteiger partial charge < -0.3 is 10.1 Å². The zero-order valence-electron chi connectivity index (χ0n) is 17.1. The first-order valence-corrected chi connectivity index (χ1v) is 10.4. The Labute approximate surface area is 182 Å². The minimum absolute atomic E-state index is 0.210. The Balaban J connectivity index is 0.000000297. The van der Waals surface area contributed by atoms with Crippen molar-refractivity contribution >= 4 is 24.4 Å². The summed E-state index contributed by atoms with van der Waals surface area (Å²) in [5.74, 6) is 1.11. The molecule has 0 spiro atoms. The van der Waals surface area contributed by atoms with E-state index in [0.717, 1.165) is 12.3 Å². The Hall–Kier alpha value is -3.31. The number of ether oxygens (including phenoxy) is 1. The standard InChI is InChI=1S/C17H17NO2S.C8H9N/c1-13(21-12-14-8-4-3-5-9-14)18-17(19)15-10-6-7-11-16(15)20-2;1-9-7-8-5-3-2-4-6-8/h3-11H,1,12H2,2H3,(H,18,19);2-6H,1,7H2. The number of para-hydroxylation sites is 1. The molecule has 0 heterocycles. The third-order valence-electron chi connectivity index (χ3n) is 4.00. The summed E-state index contributed by atoms with van der Waals surface area (Å²) in [7, 11) is 1.55. The summed E-state index contributed by atoms with van der Waals surface area (Å²) in [6.07, 6.45) is 0. The molecule has 0 aromatic heterocycles. The zero-order valence-corrected chi connectivity index (χ0v) is 17.9. The Kier molecular flexibility index (Phi) is 9.97. The number of amides is 1. The first-order chi connectivity index (χ1) is 14.6. The smallest absolute Gasteiger partial charge is 0.259 e. The maximum atomic E-state index is 12.2. The summed E-state index contributed by atoms with van der Waals surface area (Å²) in [6.45, 7) is 8.01. The van der Waals surface area contributed by atoms with Crippen LogP contribution in [0.15, 0.2) is 102 Å². The summed E-state index contributed by atoms with van der Waals surface area (Å²) in [5, 5.41) is 3.41. The lowest BCUT2D eigenvalue weighted by Crippen LogP contribution is -2.21. The van der Waals surface area contributed by atoms with Gasteiger partial charge in [0.25, 0.3) is 5.91 Å². The van der Waals surface area contributed by atoms with E-state index in [-0.39, 0.29) is 5.91 Å². The third-order valence-corrected chi connectivity index (χ3v) is 4.93. The minimum Gasteiger partial charge on any atom is -0.496 e. The number of nitrogens with one attached hydrogen (secondary N) is 1. The predicted octanol–water partition coefficient (Wildman–Crippen LogP) is 5.72. The summed E-state index contributed by atoms with van der Waals surface area (Å²) in [6, 6.07) is 27.2. The number of methoxy groups -OCH3 is 1. The molecule has 0 saturated carbocycles. The molecule has 5 heteroatoms. The van der Waals surface area contributed by atoms with Crippen LogP contribution in [-0.2, 0) is 12.3 Å². The van der Waals surface area contributed by atoms with Crippen molar-refractivity contribution < 1.29 is 9.53 Å². The van der Waals surface area contributed by atoms with Crippen LogP contribution >= 0.6 is 11.8 Å². The maximum absolute atomic E-state index is 12.2. The molecule has 3 aromatic rings. The Morgan fingerprint density at radius 1 is 0.933 bits per heavy atom. The maximum Gasteiger partial charge on any atom is 0.259 e. The van der Waals surface area contributed by atoms with Gasteiger partial charge >= 0.3 is 0 Å². The van der Waals surface area contributed by atoms with E-state index in [1.54, 1.807) is 25.3 Å². The third kappa shape index (κ3) is 7.97. The summed E-state index contributed by atoms with van der Waals surface area (Å²) < 4.78 is 5.18. The number of hydrogen-bond donors (Lipinski definition) is 1. The minimum atomic E-state index is -0.210. The molecule has 154 valence electrons. The summed E-state index contributed by atoms with van der Waals surface area (Å²) in [4.78, 5) is 15.9. The molecule has 0 fully saturated rings. The van der Waals surface area contributed by atoms with E-state index >= 15 is 0 Å². The Morgan fingerprint density at radius 2 is 1.50 bits per heavy atom. The average molecular weight is 419 g/mol. The van der Waals surface area contributed by atoms with E-state index in [1.165, 1.54) is 22.9 Å². The molecule has 1 N–H and O–H groups in total. The molecule has 0 bridgehead atoms. The van der Waals surface area contributed by atoms with Crippen LogP contribution in [0, 0.1) is 0 Å². The number of rotatable bonds is 8. The van der Waals surface area contributed by atoms with E-state index in [1.807, 2.05) is 66.7 Å². The largest absolute Gasteiger partial charge is 0.496 e. The van der Waals surface area contributed by atoms with Crippen molar-refractivity contribution in [3.05, 3.63) is 113 Å². The first kappa shape index (κ1) is 23.0. The van der Waals surface area contributed by atoms with Crippen molar-refractivity contribution in [3.63, 3.8) is 0 Å². The zero-order chi connectivity index (χ0) is 21.6. The van der Waals surface area contributed by atoms with Gasteiger partial charge in [-0.15, -0.1) is 11.8 Å². The molecule has 0 aliphatic heterocycles. The molecule has 0 saturated heterocycles. The molecule has 1 amide bonds. The number of carbonyl (C=O) groups excluding carboxylic acids is 1. The SMILES string of the molecule is C=C(NC(=O)c1ccccc1OC)SCc1ccccc1.C=NCc1ccccc1. The predicted molar refractivity (Wildman–Crippen MR) is 127 cm³/mol. The summed E-state index contributed by atoms with van der Waals surface area (Å²) >= 11 is 1.50. The molecule has 0 radical (unpaired) electrons.